The van der Waals surface area contributed by atoms with Crippen molar-refractivity contribution in [1.29, 1.82) is 0 Å². The van der Waals surface area contributed by atoms with Crippen LogP contribution < -0.4 is 9.64 Å². The first-order chi connectivity index (χ1) is 14.4. The summed E-state index contributed by atoms with van der Waals surface area (Å²) in [6.45, 7) is 1.76. The molecular formula is C21H23N3O5S. The molecule has 1 aliphatic rings. The van der Waals surface area contributed by atoms with Gasteiger partial charge in [0.1, 0.15) is 5.75 Å². The summed E-state index contributed by atoms with van der Waals surface area (Å²) in [6.07, 6.45) is -1.03. The fourth-order valence-electron chi connectivity index (χ4n) is 3.22. The number of nitrogens with zero attached hydrogens (tertiary/aromatic N) is 3. The van der Waals surface area contributed by atoms with Crippen LogP contribution in [-0.4, -0.2) is 50.2 Å². The van der Waals surface area contributed by atoms with Gasteiger partial charge >= 0.3 is 5.97 Å². The predicted octanol–water partition coefficient (Wildman–Crippen LogP) is 3.42. The average molecular weight is 429 g/mol. The maximum Gasteiger partial charge on any atom is 0.303 e. The zero-order chi connectivity index (χ0) is 21.7. The molecule has 2 aromatic carbocycles. The van der Waals surface area contributed by atoms with Crippen molar-refractivity contribution < 1.29 is 19.1 Å². The minimum atomic E-state index is -1.03. The van der Waals surface area contributed by atoms with E-state index in [1.54, 1.807) is 19.1 Å². The van der Waals surface area contributed by atoms with E-state index in [0.29, 0.717) is 11.4 Å². The van der Waals surface area contributed by atoms with Gasteiger partial charge < -0.3 is 14.4 Å². The van der Waals surface area contributed by atoms with Crippen molar-refractivity contribution in [2.24, 2.45) is 5.29 Å². The van der Waals surface area contributed by atoms with Gasteiger partial charge in [-0.1, -0.05) is 24.3 Å². The van der Waals surface area contributed by atoms with Crippen LogP contribution in [0.4, 0.5) is 5.69 Å². The van der Waals surface area contributed by atoms with Crippen LogP contribution in [0.1, 0.15) is 17.7 Å². The Balaban J connectivity index is 2.04. The molecule has 1 heterocycles. The monoisotopic (exact) mass is 429 g/mol. The molecule has 3 rings (SSSR count). The second kappa shape index (κ2) is 9.62. The molecule has 2 atom stereocenters. The Morgan fingerprint density at radius 1 is 1.20 bits per heavy atom. The molecule has 0 aliphatic carbocycles. The second-order valence-electron chi connectivity index (χ2n) is 6.76. The third-order valence-corrected chi connectivity index (χ3v) is 6.09. The maximum absolute atomic E-state index is 13.5. The molecule has 1 amide bonds. The molecule has 8 nitrogen and oxygen atoms in total. The number of benzene rings is 2. The smallest absolute Gasteiger partial charge is 0.303 e. The zero-order valence-corrected chi connectivity index (χ0v) is 17.8. The summed E-state index contributed by atoms with van der Waals surface area (Å²) < 4.78 is 10.7. The van der Waals surface area contributed by atoms with Gasteiger partial charge in [-0.25, -0.2) is 0 Å². The Labute approximate surface area is 179 Å². The predicted molar refractivity (Wildman–Crippen MR) is 114 cm³/mol. The number of fused-ring (bicyclic) bond motifs is 1. The number of carbonyl (C=O) groups excluding carboxylic acids is 2. The highest BCUT2D eigenvalue weighted by Gasteiger charge is 2.40. The second-order valence-corrected chi connectivity index (χ2v) is 7.95. The van der Waals surface area contributed by atoms with Gasteiger partial charge in [0, 0.05) is 25.4 Å². The first kappa shape index (κ1) is 21.6. The molecule has 0 N–H and O–H groups in total. The number of likely N-dealkylation sites (N-methyl/N-ethyl adjacent to an activating group) is 1. The van der Waals surface area contributed by atoms with Gasteiger partial charge in [0.15, 0.2) is 6.10 Å². The van der Waals surface area contributed by atoms with Crippen molar-refractivity contribution >= 4 is 29.3 Å². The van der Waals surface area contributed by atoms with Crippen LogP contribution >= 0.6 is 11.8 Å². The molecule has 9 heteroatoms. The van der Waals surface area contributed by atoms with Gasteiger partial charge in [-0.2, -0.15) is 0 Å². The topological polar surface area (TPSA) is 88.5 Å². The molecule has 0 bridgehead atoms. The number of hydrogen-bond donors (Lipinski definition) is 0. The number of anilines is 1. The molecule has 2 unspecified atom stereocenters. The number of methoxy groups -OCH3 is 1. The lowest BCUT2D eigenvalue weighted by Gasteiger charge is -2.28. The third kappa shape index (κ3) is 4.73. The fourth-order valence-corrected chi connectivity index (χ4v) is 4.54. The number of para-hydroxylation sites is 1. The van der Waals surface area contributed by atoms with Gasteiger partial charge in [-0.15, -0.1) is 16.7 Å². The summed E-state index contributed by atoms with van der Waals surface area (Å²) in [5, 5.41) is 3.64. The van der Waals surface area contributed by atoms with Crippen LogP contribution in [0, 0.1) is 4.91 Å². The lowest BCUT2D eigenvalue weighted by molar-refractivity contribution is -0.152. The number of thioether (sulfide) groups is 1. The molecule has 2 aromatic rings. The number of nitroso groups, excluding NO2 is 1. The fraction of sp³-hybridized carbons (Fsp3) is 0.333. The van der Waals surface area contributed by atoms with E-state index in [2.05, 4.69) is 5.29 Å². The Bertz CT molecular complexity index is 921. The van der Waals surface area contributed by atoms with Gasteiger partial charge in [0.25, 0.3) is 5.91 Å². The summed E-state index contributed by atoms with van der Waals surface area (Å²) in [7, 11) is 3.12. The Morgan fingerprint density at radius 3 is 2.53 bits per heavy atom. The van der Waals surface area contributed by atoms with Gasteiger partial charge in [0.05, 0.1) is 29.9 Å². The number of rotatable bonds is 7. The van der Waals surface area contributed by atoms with Crippen LogP contribution in [-0.2, 0) is 14.3 Å². The van der Waals surface area contributed by atoms with Crippen molar-refractivity contribution in [3.63, 3.8) is 0 Å². The molecule has 158 valence electrons. The van der Waals surface area contributed by atoms with Crippen LogP contribution in [0.15, 0.2) is 58.7 Å². The SMILES string of the molecule is COc1ccc(C2Sc3ccccc3N(CCN(C)N=O)C(=O)C2OC(C)=O)cc1. The standard InChI is InChI=1S/C21H23N3O5S/c1-14(25)29-19-20(15-8-10-16(28-3)11-9-15)30-18-7-5-4-6-17(18)24(21(19)26)13-12-23(2)22-27/h4-11,19-20H,12-13H2,1-3H3. The molecule has 30 heavy (non-hydrogen) atoms. The molecule has 0 saturated carbocycles. The van der Waals surface area contributed by atoms with Gasteiger partial charge in [0.2, 0.25) is 0 Å². The first-order valence-corrected chi connectivity index (χ1v) is 10.2. The number of esters is 1. The Kier molecular flexibility index (Phi) is 6.94. The minimum Gasteiger partial charge on any atom is -0.497 e. The largest absolute Gasteiger partial charge is 0.497 e. The van der Waals surface area contributed by atoms with E-state index < -0.39 is 17.3 Å². The highest BCUT2D eigenvalue weighted by Crippen LogP contribution is 2.46. The molecule has 0 aromatic heterocycles. The van der Waals surface area contributed by atoms with Crippen molar-refractivity contribution in [3.8, 4) is 5.75 Å². The lowest BCUT2D eigenvalue weighted by Crippen LogP contribution is -2.45. The van der Waals surface area contributed by atoms with Crippen LogP contribution in [0.5, 0.6) is 5.75 Å². The van der Waals surface area contributed by atoms with E-state index in [9.17, 15) is 14.5 Å². The third-order valence-electron chi connectivity index (χ3n) is 4.72. The average Bonchev–Trinajstić information content (AvgIpc) is 2.87. The number of hydrogen-bond acceptors (Lipinski definition) is 7. The summed E-state index contributed by atoms with van der Waals surface area (Å²) >= 11 is 1.46. The maximum atomic E-state index is 13.5. The lowest BCUT2D eigenvalue weighted by atomic mass is 10.1. The number of amides is 1. The molecule has 0 spiro atoms. The zero-order valence-electron chi connectivity index (χ0n) is 17.0. The van der Waals surface area contributed by atoms with E-state index in [1.807, 2.05) is 48.5 Å². The molecular weight excluding hydrogens is 406 g/mol. The van der Waals surface area contributed by atoms with Crippen molar-refractivity contribution in [2.45, 2.75) is 23.2 Å². The van der Waals surface area contributed by atoms with Gasteiger partial charge in [-0.05, 0) is 29.8 Å². The highest BCUT2D eigenvalue weighted by atomic mass is 32.2. The van der Waals surface area contributed by atoms with Crippen LogP contribution in [0.2, 0.25) is 0 Å². The Hall–Kier alpha value is -3.07. The minimum absolute atomic E-state index is 0.228. The van der Waals surface area contributed by atoms with E-state index >= 15 is 0 Å². The summed E-state index contributed by atoms with van der Waals surface area (Å²) in [5.41, 5.74) is 1.55. The van der Waals surface area contributed by atoms with E-state index in [0.717, 1.165) is 10.5 Å². The quantitative estimate of drug-likeness (QED) is 0.378. The van der Waals surface area contributed by atoms with Crippen molar-refractivity contribution in [3.05, 3.63) is 59.0 Å². The number of ether oxygens (including phenoxy) is 2. The number of carbonyl (C=O) groups is 2. The van der Waals surface area contributed by atoms with Crippen molar-refractivity contribution in [2.75, 3.05) is 32.1 Å². The van der Waals surface area contributed by atoms with E-state index in [4.69, 9.17) is 9.47 Å². The summed E-state index contributed by atoms with van der Waals surface area (Å²) in [5.74, 6) is -0.188. The molecule has 0 radical (unpaired) electrons. The van der Waals surface area contributed by atoms with E-state index in [1.165, 1.54) is 23.7 Å². The molecule has 1 aliphatic heterocycles. The Morgan fingerprint density at radius 2 is 1.90 bits per heavy atom. The van der Waals surface area contributed by atoms with E-state index in [-0.39, 0.29) is 19.0 Å². The van der Waals surface area contributed by atoms with Crippen LogP contribution in [0.3, 0.4) is 0 Å². The van der Waals surface area contributed by atoms with Gasteiger partial charge in [-0.3, -0.25) is 14.6 Å². The highest BCUT2D eigenvalue weighted by molar-refractivity contribution is 7.99. The summed E-state index contributed by atoms with van der Waals surface area (Å²) in [6, 6.07) is 14.9. The molecule has 0 saturated heterocycles. The van der Waals surface area contributed by atoms with Crippen LogP contribution in [0.25, 0.3) is 0 Å². The first-order valence-electron chi connectivity index (χ1n) is 9.37. The molecule has 0 fully saturated rings. The van der Waals surface area contributed by atoms with Crippen molar-refractivity contribution in [1.82, 2.24) is 5.01 Å². The summed E-state index contributed by atoms with van der Waals surface area (Å²) in [4.78, 5) is 38.6. The normalized spacial score (nSPS) is 18.2.